The van der Waals surface area contributed by atoms with Gasteiger partial charge in [0.2, 0.25) is 5.78 Å². The zero-order valence-corrected chi connectivity index (χ0v) is 16.0. The molecule has 3 aromatic carbocycles. The van der Waals surface area contributed by atoms with Crippen LogP contribution in [0.3, 0.4) is 0 Å². The predicted molar refractivity (Wildman–Crippen MR) is 110 cm³/mol. The predicted octanol–water partition coefficient (Wildman–Crippen LogP) is 4.45. The highest BCUT2D eigenvalue weighted by Gasteiger charge is 2.43. The van der Waals surface area contributed by atoms with E-state index < -0.39 is 6.23 Å². The Morgan fingerprint density at radius 3 is 2.48 bits per heavy atom. The first-order chi connectivity index (χ1) is 14.2. The Bertz CT molecular complexity index is 1080. The number of ketones is 1. The van der Waals surface area contributed by atoms with Crippen LogP contribution in [0, 0.1) is 0 Å². The number of para-hydroxylation sites is 1. The average Bonchev–Trinajstić information content (AvgIpc) is 3.24. The van der Waals surface area contributed by atoms with Crippen molar-refractivity contribution in [2.45, 2.75) is 18.7 Å². The van der Waals surface area contributed by atoms with E-state index in [-0.39, 0.29) is 11.8 Å². The van der Waals surface area contributed by atoms with Gasteiger partial charge in [-0.1, -0.05) is 48.5 Å². The molecule has 2 aliphatic heterocycles. The van der Waals surface area contributed by atoms with E-state index in [0.29, 0.717) is 11.3 Å². The van der Waals surface area contributed by atoms with E-state index in [1.165, 1.54) is 0 Å². The quantitative estimate of drug-likeness (QED) is 0.624. The summed E-state index contributed by atoms with van der Waals surface area (Å²) in [7, 11) is 1.60. The third-order valence-corrected chi connectivity index (χ3v) is 5.40. The van der Waals surface area contributed by atoms with Gasteiger partial charge in [-0.25, -0.2) is 5.01 Å². The minimum atomic E-state index is -0.801. The molecule has 29 heavy (non-hydrogen) atoms. The highest BCUT2D eigenvalue weighted by atomic mass is 16.5. The van der Waals surface area contributed by atoms with Gasteiger partial charge in [-0.2, -0.15) is 5.10 Å². The van der Waals surface area contributed by atoms with Crippen LogP contribution in [0.4, 0.5) is 0 Å². The maximum Gasteiger partial charge on any atom is 0.251 e. The van der Waals surface area contributed by atoms with E-state index in [0.717, 1.165) is 29.0 Å². The lowest BCUT2D eigenvalue weighted by molar-refractivity contribution is -0.00455. The van der Waals surface area contributed by atoms with Gasteiger partial charge in [-0.3, -0.25) is 4.79 Å². The van der Waals surface area contributed by atoms with Crippen molar-refractivity contribution in [1.82, 2.24) is 5.01 Å². The first kappa shape index (κ1) is 17.5. The second-order valence-corrected chi connectivity index (χ2v) is 7.11. The Morgan fingerprint density at radius 1 is 1.00 bits per heavy atom. The van der Waals surface area contributed by atoms with Gasteiger partial charge in [-0.05, 0) is 35.9 Å². The number of nitrogens with zero attached hydrogens (tertiary/aromatic N) is 2. The molecule has 2 atom stereocenters. The zero-order chi connectivity index (χ0) is 19.8. The molecule has 3 aromatic rings. The average molecular weight is 384 g/mol. The molecule has 0 bridgehead atoms. The van der Waals surface area contributed by atoms with Gasteiger partial charge in [0, 0.05) is 17.5 Å². The molecule has 5 heteroatoms. The minimum absolute atomic E-state index is 0.0256. The third-order valence-electron chi connectivity index (χ3n) is 5.40. The lowest BCUT2D eigenvalue weighted by Crippen LogP contribution is -2.45. The summed E-state index contributed by atoms with van der Waals surface area (Å²) in [6, 6.07) is 25.0. The molecule has 0 fully saturated rings. The molecular formula is C24H20N2O3. The van der Waals surface area contributed by atoms with Crippen molar-refractivity contribution >= 4 is 11.5 Å². The normalized spacial score (nSPS) is 19.6. The summed E-state index contributed by atoms with van der Waals surface area (Å²) in [5, 5.41) is 6.64. The second kappa shape index (κ2) is 7.09. The Kier molecular flexibility index (Phi) is 4.28. The van der Waals surface area contributed by atoms with Crippen LogP contribution in [-0.2, 0) is 0 Å². The SMILES string of the molecule is COc1ccc(C(=O)C2Oc3ccccc3C3CC(c4ccccc4)=NN23)cc1. The van der Waals surface area contributed by atoms with Crippen LogP contribution >= 0.6 is 0 Å². The van der Waals surface area contributed by atoms with Gasteiger partial charge in [-0.15, -0.1) is 0 Å². The van der Waals surface area contributed by atoms with E-state index in [4.69, 9.17) is 14.6 Å². The van der Waals surface area contributed by atoms with Crippen molar-refractivity contribution in [2.75, 3.05) is 7.11 Å². The molecule has 0 aliphatic carbocycles. The summed E-state index contributed by atoms with van der Waals surface area (Å²) in [4.78, 5) is 13.3. The van der Waals surface area contributed by atoms with Crippen molar-refractivity contribution in [3.05, 3.63) is 95.6 Å². The Balaban J connectivity index is 1.54. The number of hydrazone groups is 1. The van der Waals surface area contributed by atoms with Gasteiger partial charge in [0.1, 0.15) is 11.5 Å². The van der Waals surface area contributed by atoms with Gasteiger partial charge in [0.15, 0.2) is 0 Å². The minimum Gasteiger partial charge on any atom is -0.497 e. The molecule has 0 spiro atoms. The second-order valence-electron chi connectivity index (χ2n) is 7.11. The first-order valence-corrected chi connectivity index (χ1v) is 9.59. The fourth-order valence-corrected chi connectivity index (χ4v) is 3.91. The van der Waals surface area contributed by atoms with Gasteiger partial charge in [0.25, 0.3) is 6.23 Å². The van der Waals surface area contributed by atoms with Gasteiger partial charge in [0.05, 0.1) is 18.9 Å². The molecule has 144 valence electrons. The van der Waals surface area contributed by atoms with E-state index >= 15 is 0 Å². The van der Waals surface area contributed by atoms with Crippen molar-refractivity contribution < 1.29 is 14.3 Å². The van der Waals surface area contributed by atoms with E-state index in [1.54, 1.807) is 31.4 Å². The van der Waals surface area contributed by atoms with Crippen molar-refractivity contribution in [3.8, 4) is 11.5 Å². The largest absolute Gasteiger partial charge is 0.497 e. The molecular weight excluding hydrogens is 364 g/mol. The smallest absolute Gasteiger partial charge is 0.251 e. The van der Waals surface area contributed by atoms with Crippen molar-refractivity contribution in [3.63, 3.8) is 0 Å². The summed E-state index contributed by atoms with van der Waals surface area (Å²) >= 11 is 0. The number of rotatable bonds is 4. The highest BCUT2D eigenvalue weighted by Crippen LogP contribution is 2.43. The topological polar surface area (TPSA) is 51.1 Å². The molecule has 0 amide bonds. The molecule has 2 aliphatic rings. The van der Waals surface area contributed by atoms with Crippen LogP contribution in [0.5, 0.6) is 11.5 Å². The van der Waals surface area contributed by atoms with Crippen LogP contribution in [0.15, 0.2) is 84.0 Å². The van der Waals surface area contributed by atoms with Crippen molar-refractivity contribution in [1.29, 1.82) is 0 Å². The van der Waals surface area contributed by atoms with Gasteiger partial charge < -0.3 is 9.47 Å². The zero-order valence-electron chi connectivity index (χ0n) is 16.0. The molecule has 0 saturated heterocycles. The fraction of sp³-hybridized carbons (Fsp3) is 0.167. The fourth-order valence-electron chi connectivity index (χ4n) is 3.91. The number of carbonyl (C=O) groups excluding carboxylic acids is 1. The Hall–Kier alpha value is -3.60. The Morgan fingerprint density at radius 2 is 1.72 bits per heavy atom. The number of methoxy groups -OCH3 is 1. The monoisotopic (exact) mass is 384 g/mol. The number of hydrogen-bond donors (Lipinski definition) is 0. The summed E-state index contributed by atoms with van der Waals surface area (Å²) in [6.45, 7) is 0. The number of benzene rings is 3. The first-order valence-electron chi connectivity index (χ1n) is 9.59. The summed E-state index contributed by atoms with van der Waals surface area (Å²) in [5.74, 6) is 1.33. The highest BCUT2D eigenvalue weighted by molar-refractivity contribution is 6.03. The molecule has 2 heterocycles. The number of hydrogen-bond acceptors (Lipinski definition) is 5. The Labute approximate surface area is 169 Å². The third kappa shape index (κ3) is 3.05. The maximum absolute atomic E-state index is 13.3. The maximum atomic E-state index is 13.3. The molecule has 5 rings (SSSR count). The van der Waals surface area contributed by atoms with Crippen LogP contribution in [0.2, 0.25) is 0 Å². The summed E-state index contributed by atoms with van der Waals surface area (Å²) < 4.78 is 11.3. The van der Waals surface area contributed by atoms with Gasteiger partial charge >= 0.3 is 0 Å². The van der Waals surface area contributed by atoms with E-state index in [9.17, 15) is 4.79 Å². The number of Topliss-reactive ketones (excluding diaryl/α,β-unsaturated/α-hetero) is 1. The molecule has 0 radical (unpaired) electrons. The number of ether oxygens (including phenoxy) is 2. The molecule has 2 unspecified atom stereocenters. The lowest BCUT2D eigenvalue weighted by atomic mass is 9.96. The standard InChI is InChI=1S/C24H20N2O3/c1-28-18-13-11-17(12-14-18)23(27)24-26-21(19-9-5-6-10-22(19)29-24)15-20(25-26)16-7-3-2-4-8-16/h2-14,21,24H,15H2,1H3. The molecule has 0 N–H and O–H groups in total. The molecule has 5 nitrogen and oxygen atoms in total. The molecule has 0 saturated carbocycles. The van der Waals surface area contributed by atoms with Crippen LogP contribution < -0.4 is 9.47 Å². The molecule has 0 aromatic heterocycles. The lowest BCUT2D eigenvalue weighted by Gasteiger charge is -2.37. The van der Waals surface area contributed by atoms with Crippen LogP contribution in [0.25, 0.3) is 0 Å². The van der Waals surface area contributed by atoms with Crippen molar-refractivity contribution in [2.24, 2.45) is 5.10 Å². The number of carbonyl (C=O) groups is 1. The van der Waals surface area contributed by atoms with Crippen LogP contribution in [0.1, 0.15) is 33.9 Å². The van der Waals surface area contributed by atoms with Crippen LogP contribution in [-0.4, -0.2) is 29.8 Å². The van der Waals surface area contributed by atoms with E-state index in [1.807, 2.05) is 59.6 Å². The summed E-state index contributed by atoms with van der Waals surface area (Å²) in [6.07, 6.45) is -0.0685. The summed E-state index contributed by atoms with van der Waals surface area (Å²) in [5.41, 5.74) is 3.65. The van der Waals surface area contributed by atoms with E-state index in [2.05, 4.69) is 0 Å². The number of fused-ring (bicyclic) bond motifs is 3.